The fraction of sp³-hybridized carbons (Fsp3) is 0.489. The fourth-order valence-electron chi connectivity index (χ4n) is 7.81. The van der Waals surface area contributed by atoms with Crippen LogP contribution in [0.2, 0.25) is 0 Å². The molecule has 2 saturated heterocycles. The maximum Gasteiger partial charge on any atom is 0.410 e. The van der Waals surface area contributed by atoms with Crippen LogP contribution in [0.5, 0.6) is 0 Å². The van der Waals surface area contributed by atoms with Gasteiger partial charge in [0.2, 0.25) is 5.91 Å². The predicted molar refractivity (Wildman–Crippen MR) is 230 cm³/mol. The molecular weight excluding hydrogens is 735 g/mol. The number of H-pyrrole nitrogens is 1. The zero-order valence-corrected chi connectivity index (χ0v) is 35.7. The van der Waals surface area contributed by atoms with E-state index >= 15 is 0 Å². The molecule has 1 unspecified atom stereocenters. The lowest BCUT2D eigenvalue weighted by molar-refractivity contribution is -0.133. The molecule has 2 aromatic carbocycles. The van der Waals surface area contributed by atoms with E-state index in [0.29, 0.717) is 32.2 Å². The lowest BCUT2D eigenvalue weighted by atomic mass is 10.0. The minimum Gasteiger partial charge on any atom is -0.444 e. The van der Waals surface area contributed by atoms with Gasteiger partial charge in [0.1, 0.15) is 24.0 Å². The third kappa shape index (κ3) is 9.55. The summed E-state index contributed by atoms with van der Waals surface area (Å²) in [4.78, 5) is 48.1. The number of carbonyl (C=O) groups is 2. The monoisotopic (exact) mass is 793 g/mol. The van der Waals surface area contributed by atoms with Gasteiger partial charge >= 0.3 is 6.09 Å². The average molecular weight is 794 g/mol. The normalized spacial score (nSPS) is 17.9. The molecule has 3 aromatic heterocycles. The first-order chi connectivity index (χ1) is 27.1. The highest BCUT2D eigenvalue weighted by atomic mass is 32.3. The number of rotatable bonds is 12. The van der Waals surface area contributed by atoms with Crippen molar-refractivity contribution in [2.45, 2.75) is 91.1 Å². The van der Waals surface area contributed by atoms with Crippen molar-refractivity contribution in [2.75, 3.05) is 44.2 Å². The third-order valence-corrected chi connectivity index (χ3v) is 12.1. The number of aromatic nitrogens is 5. The molecule has 2 fully saturated rings. The van der Waals surface area contributed by atoms with Crippen LogP contribution in [0.15, 0.2) is 67.1 Å². The first-order valence-electron chi connectivity index (χ1n) is 20.3. The van der Waals surface area contributed by atoms with Crippen molar-refractivity contribution in [1.29, 1.82) is 0 Å². The van der Waals surface area contributed by atoms with Crippen LogP contribution in [-0.4, -0.2) is 96.1 Å². The molecule has 7 rings (SSSR count). The maximum atomic E-state index is 13.3. The Labute approximate surface area is 338 Å². The Bertz CT molecular complexity index is 2200. The smallest absolute Gasteiger partial charge is 0.410 e. The van der Waals surface area contributed by atoms with Crippen LogP contribution in [0.25, 0.3) is 44.5 Å². The minimum absolute atomic E-state index is 0.00507. The number of carbonyl (C=O) groups excluding carboxylic acids is 2. The van der Waals surface area contributed by atoms with Gasteiger partial charge < -0.3 is 23.9 Å². The first-order valence-corrected chi connectivity index (χ1v) is 23.3. The van der Waals surface area contributed by atoms with Gasteiger partial charge in [-0.15, -0.1) is 0 Å². The number of hydrogen-bond donors (Lipinski definition) is 1. The Morgan fingerprint density at radius 2 is 1.54 bits per heavy atom. The molecule has 12 heteroatoms. The van der Waals surface area contributed by atoms with Crippen molar-refractivity contribution in [3.05, 3.63) is 78.8 Å². The van der Waals surface area contributed by atoms with Crippen molar-refractivity contribution in [3.8, 4) is 33.6 Å². The molecule has 0 bridgehead atoms. The summed E-state index contributed by atoms with van der Waals surface area (Å²) in [5.41, 5.74) is 6.30. The summed E-state index contributed by atoms with van der Waals surface area (Å²) < 4.78 is 14.2. The standard InChI is InChI=1S/C45H59N7O4S/c1-30(2)23-41(53)50-19-9-11-38(50)42-47-27-37(49-42)32-15-13-31(14-16-32)35-24-33-17-18-34(25-36(33)46-26-35)40-28-48-43(52(40)29-55-21-22-57(6,7)8)39-12-10-20-51(39)44(54)56-45(3,4)5/h13-18,24-28,30,38-39H,9-12,19-23,29H2,1-8H3,(H,47,49)/t38-,39?/m0/s1. The second-order valence-electron chi connectivity index (χ2n) is 17.8. The van der Waals surface area contributed by atoms with Crippen LogP contribution in [0, 0.1) is 5.92 Å². The zero-order valence-electron chi connectivity index (χ0n) is 34.9. The number of pyridine rings is 1. The highest BCUT2D eigenvalue weighted by molar-refractivity contribution is 8.32. The van der Waals surface area contributed by atoms with E-state index in [-0.39, 0.29) is 24.1 Å². The van der Waals surface area contributed by atoms with Crippen molar-refractivity contribution >= 4 is 32.9 Å². The molecule has 2 aliphatic rings. The Morgan fingerprint density at radius 1 is 0.842 bits per heavy atom. The van der Waals surface area contributed by atoms with E-state index in [1.54, 1.807) is 0 Å². The number of amides is 2. The van der Waals surface area contributed by atoms with E-state index < -0.39 is 15.6 Å². The summed E-state index contributed by atoms with van der Waals surface area (Å²) in [6.45, 7) is 12.3. The maximum absolute atomic E-state index is 13.3. The van der Waals surface area contributed by atoms with Gasteiger partial charge in [0.25, 0.3) is 0 Å². The van der Waals surface area contributed by atoms with Crippen LogP contribution in [0.3, 0.4) is 0 Å². The summed E-state index contributed by atoms with van der Waals surface area (Å²) >= 11 is 0. The highest BCUT2D eigenvalue weighted by Gasteiger charge is 2.36. The number of nitrogens with zero attached hydrogens (tertiary/aromatic N) is 6. The van der Waals surface area contributed by atoms with E-state index in [4.69, 9.17) is 24.4 Å². The molecule has 2 atom stereocenters. The van der Waals surface area contributed by atoms with Gasteiger partial charge in [-0.1, -0.05) is 50.2 Å². The van der Waals surface area contributed by atoms with Crippen LogP contribution in [0.1, 0.15) is 90.5 Å². The van der Waals surface area contributed by atoms with Crippen molar-refractivity contribution < 1.29 is 19.1 Å². The molecule has 0 saturated carbocycles. The molecule has 0 radical (unpaired) electrons. The molecule has 0 spiro atoms. The van der Waals surface area contributed by atoms with Gasteiger partial charge in [-0.25, -0.2) is 24.8 Å². The molecule has 57 heavy (non-hydrogen) atoms. The highest BCUT2D eigenvalue weighted by Crippen LogP contribution is 2.38. The van der Waals surface area contributed by atoms with Gasteiger partial charge in [-0.05, 0) is 94.4 Å². The van der Waals surface area contributed by atoms with Gasteiger partial charge in [-0.3, -0.25) is 14.7 Å². The van der Waals surface area contributed by atoms with Gasteiger partial charge in [0.15, 0.2) is 0 Å². The summed E-state index contributed by atoms with van der Waals surface area (Å²) in [5.74, 6) is 3.22. The van der Waals surface area contributed by atoms with Gasteiger partial charge in [-0.2, -0.15) is 0 Å². The van der Waals surface area contributed by atoms with Crippen LogP contribution in [-0.2, 0) is 21.0 Å². The Balaban J connectivity index is 1.10. The molecule has 0 aliphatic carbocycles. The Hall–Kier alpha value is -4.68. The lowest BCUT2D eigenvalue weighted by Crippen LogP contribution is -2.37. The van der Waals surface area contributed by atoms with Crippen LogP contribution >= 0.6 is 10.0 Å². The fourth-order valence-corrected chi connectivity index (χ4v) is 8.43. The van der Waals surface area contributed by atoms with Crippen LogP contribution in [0.4, 0.5) is 4.79 Å². The third-order valence-electron chi connectivity index (χ3n) is 10.7. The van der Waals surface area contributed by atoms with E-state index in [1.165, 1.54) is 0 Å². The molecule has 2 aliphatic heterocycles. The predicted octanol–water partition coefficient (Wildman–Crippen LogP) is 9.61. The summed E-state index contributed by atoms with van der Waals surface area (Å²) in [6, 6.07) is 16.8. The summed E-state index contributed by atoms with van der Waals surface area (Å²) in [7, 11) is -0.705. The molecule has 5 aromatic rings. The average Bonchev–Trinajstić information content (AvgIpc) is 3.98. The second-order valence-corrected chi connectivity index (χ2v) is 22.4. The Kier molecular flexibility index (Phi) is 11.8. The topological polar surface area (TPSA) is 118 Å². The molecule has 304 valence electrons. The lowest BCUT2D eigenvalue weighted by Gasteiger charge is -2.29. The van der Waals surface area contributed by atoms with E-state index in [2.05, 4.69) is 90.7 Å². The summed E-state index contributed by atoms with van der Waals surface area (Å²) in [6.07, 6.45) is 16.5. The van der Waals surface area contributed by atoms with E-state index in [1.807, 2.05) is 49.2 Å². The van der Waals surface area contributed by atoms with Crippen molar-refractivity contribution in [1.82, 2.24) is 34.3 Å². The molecule has 5 heterocycles. The second kappa shape index (κ2) is 16.7. The minimum atomic E-state index is -0.705. The number of aromatic amines is 1. The quantitative estimate of drug-likeness (QED) is 0.125. The van der Waals surface area contributed by atoms with E-state index in [0.717, 1.165) is 94.2 Å². The number of benzene rings is 2. The summed E-state index contributed by atoms with van der Waals surface area (Å²) in [5, 5.41) is 1.04. The van der Waals surface area contributed by atoms with E-state index in [9.17, 15) is 9.59 Å². The molecule has 1 N–H and O–H groups in total. The number of hydrogen-bond acceptors (Lipinski definition) is 7. The molecular formula is C45H59N7O4S. The van der Waals surface area contributed by atoms with Gasteiger partial charge in [0.05, 0.1) is 48.0 Å². The Morgan fingerprint density at radius 3 is 2.26 bits per heavy atom. The molecule has 2 amide bonds. The molecule has 11 nitrogen and oxygen atoms in total. The number of likely N-dealkylation sites (tertiary alicyclic amines) is 2. The first kappa shape index (κ1) is 40.5. The number of imidazole rings is 2. The largest absolute Gasteiger partial charge is 0.444 e. The van der Waals surface area contributed by atoms with Gasteiger partial charge in [0, 0.05) is 48.0 Å². The number of fused-ring (bicyclic) bond motifs is 1. The SMILES string of the molecule is CC(C)CC(=O)N1CCC[C@H]1c1ncc(-c2ccc(-c3cnc4cc(-c5cnc(C6CCCN6C(=O)OC(C)(C)C)n5COCCS(C)(C)C)ccc4c3)cc2)[nH]1. The zero-order chi connectivity index (χ0) is 40.5. The van der Waals surface area contributed by atoms with Crippen molar-refractivity contribution in [3.63, 3.8) is 0 Å². The van der Waals surface area contributed by atoms with Crippen LogP contribution < -0.4 is 0 Å². The van der Waals surface area contributed by atoms with Crippen molar-refractivity contribution in [2.24, 2.45) is 5.92 Å². The number of ether oxygens (including phenoxy) is 2. The number of nitrogens with one attached hydrogen (secondary N) is 1.